The summed E-state index contributed by atoms with van der Waals surface area (Å²) in [7, 11) is 0. The molecule has 0 aromatic rings. The Labute approximate surface area is 91.3 Å². The van der Waals surface area contributed by atoms with Crippen molar-refractivity contribution in [3.63, 3.8) is 0 Å². The molecule has 1 aliphatic carbocycles. The van der Waals surface area contributed by atoms with Crippen LogP contribution in [0.5, 0.6) is 0 Å². The summed E-state index contributed by atoms with van der Waals surface area (Å²) in [6.45, 7) is -0.467. The van der Waals surface area contributed by atoms with E-state index >= 15 is 0 Å². The van der Waals surface area contributed by atoms with Crippen molar-refractivity contribution in [2.75, 3.05) is 6.54 Å². The number of carbonyl (C=O) groups is 1. The molecule has 92 valence electrons. The van der Waals surface area contributed by atoms with Crippen LogP contribution >= 0.6 is 0 Å². The second kappa shape index (κ2) is 4.24. The van der Waals surface area contributed by atoms with Gasteiger partial charge in [-0.25, -0.2) is 0 Å². The van der Waals surface area contributed by atoms with Crippen LogP contribution in [0.2, 0.25) is 0 Å². The molecule has 3 nitrogen and oxygen atoms in total. The lowest BCUT2D eigenvalue weighted by atomic mass is 9.98. The highest BCUT2D eigenvalue weighted by Gasteiger charge is 2.47. The monoisotopic (exact) mass is 237 g/mol. The standard InChI is InChI=1S/C10H14F3NO2/c11-10(12,13)7-5-14-9(15)8(16-7)6-3-1-2-4-6/h6-8H,1-5H2,(H,14,15)/t7-,8-/m1/s1. The lowest BCUT2D eigenvalue weighted by Crippen LogP contribution is -2.56. The van der Waals surface area contributed by atoms with Crippen molar-refractivity contribution in [3.05, 3.63) is 0 Å². The lowest BCUT2D eigenvalue weighted by molar-refractivity contribution is -0.242. The van der Waals surface area contributed by atoms with E-state index in [1.807, 2.05) is 0 Å². The van der Waals surface area contributed by atoms with E-state index < -0.39 is 30.8 Å². The Morgan fingerprint density at radius 2 is 1.88 bits per heavy atom. The number of hydrogen-bond acceptors (Lipinski definition) is 2. The van der Waals surface area contributed by atoms with E-state index in [0.717, 1.165) is 25.7 Å². The molecule has 1 N–H and O–H groups in total. The van der Waals surface area contributed by atoms with Gasteiger partial charge in [-0.3, -0.25) is 4.79 Å². The maximum absolute atomic E-state index is 12.5. The minimum absolute atomic E-state index is 0.0508. The topological polar surface area (TPSA) is 38.3 Å². The molecule has 16 heavy (non-hydrogen) atoms. The van der Waals surface area contributed by atoms with E-state index in [1.54, 1.807) is 0 Å². The fourth-order valence-electron chi connectivity index (χ4n) is 2.36. The van der Waals surface area contributed by atoms with Crippen LogP contribution < -0.4 is 5.32 Å². The fourth-order valence-corrected chi connectivity index (χ4v) is 2.36. The average Bonchev–Trinajstić information content (AvgIpc) is 2.69. The molecule has 0 aromatic carbocycles. The first-order chi connectivity index (χ1) is 7.48. The average molecular weight is 237 g/mol. The van der Waals surface area contributed by atoms with Gasteiger partial charge < -0.3 is 10.1 Å². The van der Waals surface area contributed by atoms with Gasteiger partial charge in [0.25, 0.3) is 0 Å². The second-order valence-corrected chi connectivity index (χ2v) is 4.38. The first kappa shape index (κ1) is 11.7. The lowest BCUT2D eigenvalue weighted by Gasteiger charge is -2.33. The zero-order valence-electron chi connectivity index (χ0n) is 8.72. The minimum atomic E-state index is -4.40. The maximum Gasteiger partial charge on any atom is 0.416 e. The van der Waals surface area contributed by atoms with Crippen LogP contribution in [0.15, 0.2) is 0 Å². The van der Waals surface area contributed by atoms with Crippen LogP contribution in [-0.4, -0.2) is 30.8 Å². The predicted octanol–water partition coefficient (Wildman–Crippen LogP) is 1.62. The van der Waals surface area contributed by atoms with Crippen molar-refractivity contribution in [1.29, 1.82) is 0 Å². The van der Waals surface area contributed by atoms with E-state index in [9.17, 15) is 18.0 Å². The molecule has 2 fully saturated rings. The Morgan fingerprint density at radius 3 is 2.44 bits per heavy atom. The second-order valence-electron chi connectivity index (χ2n) is 4.38. The number of rotatable bonds is 1. The molecular weight excluding hydrogens is 223 g/mol. The van der Waals surface area contributed by atoms with Crippen LogP contribution in [0.1, 0.15) is 25.7 Å². The number of hydrogen-bond donors (Lipinski definition) is 1. The molecular formula is C10H14F3NO2. The third-order valence-electron chi connectivity index (χ3n) is 3.22. The minimum Gasteiger partial charge on any atom is -0.354 e. The predicted molar refractivity (Wildman–Crippen MR) is 49.7 cm³/mol. The van der Waals surface area contributed by atoms with Gasteiger partial charge in [0.05, 0.1) is 6.54 Å². The summed E-state index contributed by atoms with van der Waals surface area (Å²) in [4.78, 5) is 11.5. The maximum atomic E-state index is 12.5. The van der Waals surface area contributed by atoms with Crippen molar-refractivity contribution in [2.45, 2.75) is 44.1 Å². The van der Waals surface area contributed by atoms with Crippen molar-refractivity contribution in [2.24, 2.45) is 5.92 Å². The van der Waals surface area contributed by atoms with Crippen molar-refractivity contribution >= 4 is 5.91 Å². The van der Waals surface area contributed by atoms with Gasteiger partial charge in [-0.05, 0) is 18.8 Å². The van der Waals surface area contributed by atoms with E-state index in [1.165, 1.54) is 0 Å². The summed E-state index contributed by atoms with van der Waals surface area (Å²) in [6, 6.07) is 0. The SMILES string of the molecule is O=C1NC[C@H](C(F)(F)F)O[C@@H]1C1CCCC1. The molecule has 2 aliphatic rings. The Morgan fingerprint density at radius 1 is 1.25 bits per heavy atom. The summed E-state index contributed by atoms with van der Waals surface area (Å²) >= 11 is 0. The number of nitrogens with one attached hydrogen (secondary N) is 1. The quantitative estimate of drug-likeness (QED) is 0.752. The molecule has 1 saturated carbocycles. The van der Waals surface area contributed by atoms with Crippen LogP contribution in [0.25, 0.3) is 0 Å². The van der Waals surface area contributed by atoms with Gasteiger partial charge in [0.2, 0.25) is 5.91 Å². The van der Waals surface area contributed by atoms with Crippen LogP contribution in [0, 0.1) is 5.92 Å². The Bertz CT molecular complexity index is 274. The molecule has 0 unspecified atom stereocenters. The van der Waals surface area contributed by atoms with Crippen LogP contribution in [0.3, 0.4) is 0 Å². The molecule has 0 bridgehead atoms. The largest absolute Gasteiger partial charge is 0.416 e. The van der Waals surface area contributed by atoms with E-state index in [2.05, 4.69) is 5.32 Å². The van der Waals surface area contributed by atoms with Crippen molar-refractivity contribution in [3.8, 4) is 0 Å². The first-order valence-electron chi connectivity index (χ1n) is 5.48. The summed E-state index contributed by atoms with van der Waals surface area (Å²) in [5, 5.41) is 2.28. The fraction of sp³-hybridized carbons (Fsp3) is 0.900. The molecule has 1 amide bonds. The smallest absolute Gasteiger partial charge is 0.354 e. The number of alkyl halides is 3. The number of morpholine rings is 1. The molecule has 0 aromatic heterocycles. The van der Waals surface area contributed by atoms with Crippen LogP contribution in [-0.2, 0) is 9.53 Å². The highest BCUT2D eigenvalue weighted by Crippen LogP contribution is 2.34. The highest BCUT2D eigenvalue weighted by molar-refractivity contribution is 5.81. The van der Waals surface area contributed by atoms with E-state index in [0.29, 0.717) is 0 Å². The number of halogens is 3. The molecule has 1 heterocycles. The van der Waals surface area contributed by atoms with Gasteiger partial charge >= 0.3 is 6.18 Å². The Kier molecular flexibility index (Phi) is 3.10. The first-order valence-corrected chi connectivity index (χ1v) is 5.48. The third kappa shape index (κ3) is 2.31. The Balaban J connectivity index is 2.02. The molecule has 2 atom stereocenters. The molecule has 6 heteroatoms. The zero-order chi connectivity index (χ0) is 11.8. The van der Waals surface area contributed by atoms with Gasteiger partial charge in [-0.15, -0.1) is 0 Å². The van der Waals surface area contributed by atoms with Gasteiger partial charge in [0.15, 0.2) is 6.10 Å². The normalized spacial score (nSPS) is 32.8. The number of ether oxygens (including phenoxy) is 1. The number of amides is 1. The molecule has 1 aliphatic heterocycles. The van der Waals surface area contributed by atoms with Gasteiger partial charge in [0, 0.05) is 0 Å². The summed E-state index contributed by atoms with van der Waals surface area (Å²) in [5.74, 6) is -0.447. The molecule has 0 spiro atoms. The molecule has 1 saturated heterocycles. The van der Waals surface area contributed by atoms with Crippen molar-refractivity contribution in [1.82, 2.24) is 5.32 Å². The zero-order valence-corrected chi connectivity index (χ0v) is 8.72. The van der Waals surface area contributed by atoms with E-state index in [4.69, 9.17) is 4.74 Å². The Hall–Kier alpha value is -0.780. The van der Waals surface area contributed by atoms with Gasteiger partial charge in [-0.2, -0.15) is 13.2 Å². The van der Waals surface area contributed by atoms with Gasteiger partial charge in [-0.1, -0.05) is 12.8 Å². The summed E-state index contributed by atoms with van der Waals surface area (Å²) < 4.78 is 42.3. The highest BCUT2D eigenvalue weighted by atomic mass is 19.4. The number of carbonyl (C=O) groups excluding carboxylic acids is 1. The van der Waals surface area contributed by atoms with Crippen LogP contribution in [0.4, 0.5) is 13.2 Å². The molecule has 0 radical (unpaired) electrons. The summed E-state index contributed by atoms with van der Waals surface area (Å²) in [5.41, 5.74) is 0. The van der Waals surface area contributed by atoms with Gasteiger partial charge in [0.1, 0.15) is 6.10 Å². The van der Waals surface area contributed by atoms with E-state index in [-0.39, 0.29) is 5.92 Å². The third-order valence-corrected chi connectivity index (χ3v) is 3.22. The van der Waals surface area contributed by atoms with Crippen molar-refractivity contribution < 1.29 is 22.7 Å². The molecule has 2 rings (SSSR count). The summed E-state index contributed by atoms with van der Waals surface area (Å²) in [6.07, 6.45) is -3.67.